The van der Waals surface area contributed by atoms with Crippen molar-refractivity contribution in [3.63, 3.8) is 0 Å². The molecule has 0 saturated carbocycles. The lowest BCUT2D eigenvalue weighted by atomic mass is 10.2. The van der Waals surface area contributed by atoms with Gasteiger partial charge in [-0.1, -0.05) is 11.2 Å². The van der Waals surface area contributed by atoms with Crippen LogP contribution in [0, 0.1) is 13.8 Å². The van der Waals surface area contributed by atoms with Crippen LogP contribution < -0.4 is 9.47 Å². The van der Waals surface area contributed by atoms with E-state index in [-0.39, 0.29) is 17.9 Å². The number of hydrogen-bond acceptors (Lipinski definition) is 5. The molecule has 0 unspecified atom stereocenters. The van der Waals surface area contributed by atoms with Crippen LogP contribution in [0.5, 0.6) is 11.5 Å². The van der Waals surface area contributed by atoms with Gasteiger partial charge in [0.05, 0.1) is 17.9 Å². The van der Waals surface area contributed by atoms with Gasteiger partial charge in [0.25, 0.3) is 0 Å². The van der Waals surface area contributed by atoms with Gasteiger partial charge in [-0.05, 0) is 32.9 Å². The molecule has 0 aliphatic rings. The lowest BCUT2D eigenvalue weighted by molar-refractivity contribution is 0.0690. The van der Waals surface area contributed by atoms with Crippen molar-refractivity contribution in [1.29, 1.82) is 0 Å². The van der Waals surface area contributed by atoms with E-state index in [1.165, 1.54) is 6.07 Å². The second kappa shape index (κ2) is 6.30. The predicted octanol–water partition coefficient (Wildman–Crippen LogP) is 2.97. The zero-order valence-electron chi connectivity index (χ0n) is 12.2. The average Bonchev–Trinajstić information content (AvgIpc) is 2.77. The summed E-state index contributed by atoms with van der Waals surface area (Å²) < 4.78 is 16.2. The van der Waals surface area contributed by atoms with Crippen molar-refractivity contribution in [2.45, 2.75) is 27.4 Å². The third-order valence-corrected chi connectivity index (χ3v) is 3.05. The molecule has 0 aliphatic carbocycles. The molecule has 0 spiro atoms. The zero-order valence-corrected chi connectivity index (χ0v) is 12.2. The Morgan fingerprint density at radius 1 is 1.33 bits per heavy atom. The minimum absolute atomic E-state index is 0.0627. The van der Waals surface area contributed by atoms with Crippen molar-refractivity contribution in [3.05, 3.63) is 40.8 Å². The predicted molar refractivity (Wildman–Crippen MR) is 74.9 cm³/mol. The largest absolute Gasteiger partial charge is 0.490 e. The number of hydrogen-bond donors (Lipinski definition) is 1. The molecule has 0 radical (unpaired) electrons. The van der Waals surface area contributed by atoms with E-state index in [2.05, 4.69) is 5.16 Å². The monoisotopic (exact) mass is 291 g/mol. The minimum Gasteiger partial charge on any atom is -0.490 e. The topological polar surface area (TPSA) is 81.8 Å². The van der Waals surface area contributed by atoms with Crippen LogP contribution in [0.1, 0.15) is 34.3 Å². The first-order chi connectivity index (χ1) is 10.0. The molecule has 2 rings (SSSR count). The number of rotatable bonds is 6. The molecule has 0 amide bonds. The maximum Gasteiger partial charge on any atom is 0.339 e. The number of carbonyl (C=O) groups is 1. The summed E-state index contributed by atoms with van der Waals surface area (Å²) in [4.78, 5) is 11.3. The molecular weight excluding hydrogens is 274 g/mol. The van der Waals surface area contributed by atoms with E-state index in [0.717, 1.165) is 11.3 Å². The highest BCUT2D eigenvalue weighted by Gasteiger charge is 2.18. The van der Waals surface area contributed by atoms with Crippen molar-refractivity contribution in [1.82, 2.24) is 5.16 Å². The number of ether oxygens (including phenoxy) is 2. The molecule has 1 aromatic carbocycles. The van der Waals surface area contributed by atoms with E-state index in [9.17, 15) is 9.90 Å². The maximum absolute atomic E-state index is 11.3. The first-order valence-corrected chi connectivity index (χ1v) is 6.58. The summed E-state index contributed by atoms with van der Waals surface area (Å²) in [5.74, 6) is 0.208. The Morgan fingerprint density at radius 3 is 2.67 bits per heavy atom. The fourth-order valence-corrected chi connectivity index (χ4v) is 1.95. The van der Waals surface area contributed by atoms with Gasteiger partial charge in [0.2, 0.25) is 0 Å². The van der Waals surface area contributed by atoms with Crippen LogP contribution in [0.4, 0.5) is 0 Å². The molecule has 2 aromatic rings. The lowest BCUT2D eigenvalue weighted by Crippen LogP contribution is -2.07. The molecule has 6 heteroatoms. The Balaban J connectivity index is 2.31. The first-order valence-electron chi connectivity index (χ1n) is 6.58. The molecule has 1 heterocycles. The summed E-state index contributed by atoms with van der Waals surface area (Å²) >= 11 is 0. The number of carboxylic acids is 1. The molecule has 112 valence electrons. The summed E-state index contributed by atoms with van der Waals surface area (Å²) in [5, 5.41) is 13.1. The molecular formula is C15H17NO5. The Morgan fingerprint density at radius 2 is 2.10 bits per heavy atom. The number of aromatic nitrogens is 1. The molecule has 6 nitrogen and oxygen atoms in total. The summed E-state index contributed by atoms with van der Waals surface area (Å²) in [6, 6.07) is 4.78. The summed E-state index contributed by atoms with van der Waals surface area (Å²) in [7, 11) is 0. The van der Waals surface area contributed by atoms with E-state index in [1.54, 1.807) is 19.1 Å². The van der Waals surface area contributed by atoms with Crippen molar-refractivity contribution in [2.24, 2.45) is 0 Å². The zero-order chi connectivity index (χ0) is 15.4. The van der Waals surface area contributed by atoms with E-state index < -0.39 is 5.97 Å². The van der Waals surface area contributed by atoms with Gasteiger partial charge < -0.3 is 19.1 Å². The van der Waals surface area contributed by atoms with Gasteiger partial charge in [-0.15, -0.1) is 0 Å². The van der Waals surface area contributed by atoms with Crippen LogP contribution in [-0.4, -0.2) is 22.8 Å². The fraction of sp³-hybridized carbons (Fsp3) is 0.333. The number of nitrogens with zero attached hydrogens (tertiary/aromatic N) is 1. The van der Waals surface area contributed by atoms with Crippen LogP contribution in [0.25, 0.3) is 0 Å². The fourth-order valence-electron chi connectivity index (χ4n) is 1.95. The smallest absolute Gasteiger partial charge is 0.339 e. The van der Waals surface area contributed by atoms with Crippen molar-refractivity contribution in [2.75, 3.05) is 6.61 Å². The maximum atomic E-state index is 11.3. The summed E-state index contributed by atoms with van der Waals surface area (Å²) in [5.41, 5.74) is 1.59. The van der Waals surface area contributed by atoms with Crippen molar-refractivity contribution >= 4 is 5.97 Å². The van der Waals surface area contributed by atoms with E-state index >= 15 is 0 Å². The molecule has 0 fully saturated rings. The Kier molecular flexibility index (Phi) is 4.47. The van der Waals surface area contributed by atoms with Gasteiger partial charge in [-0.3, -0.25) is 0 Å². The van der Waals surface area contributed by atoms with Crippen molar-refractivity contribution < 1.29 is 23.9 Å². The van der Waals surface area contributed by atoms with E-state index in [4.69, 9.17) is 14.0 Å². The van der Waals surface area contributed by atoms with Crippen LogP contribution in [0.3, 0.4) is 0 Å². The first kappa shape index (κ1) is 14.9. The van der Waals surface area contributed by atoms with Crippen LogP contribution in [-0.2, 0) is 6.61 Å². The van der Waals surface area contributed by atoms with E-state index in [1.807, 2.05) is 13.8 Å². The average molecular weight is 291 g/mol. The van der Waals surface area contributed by atoms with Crippen molar-refractivity contribution in [3.8, 4) is 11.5 Å². The van der Waals surface area contributed by atoms with Crippen LogP contribution >= 0.6 is 0 Å². The number of benzene rings is 1. The lowest BCUT2D eigenvalue weighted by Gasteiger charge is -2.14. The Labute approximate surface area is 122 Å². The summed E-state index contributed by atoms with van der Waals surface area (Å²) in [6.07, 6.45) is 0. The Hall–Kier alpha value is -2.50. The highest BCUT2D eigenvalue weighted by molar-refractivity contribution is 5.92. The highest BCUT2D eigenvalue weighted by atomic mass is 16.5. The molecule has 1 N–H and O–H groups in total. The molecule has 0 saturated heterocycles. The number of aryl methyl sites for hydroxylation is 2. The summed E-state index contributed by atoms with van der Waals surface area (Å²) in [6.45, 7) is 6.01. The third-order valence-electron chi connectivity index (χ3n) is 3.05. The molecule has 1 aromatic heterocycles. The van der Waals surface area contributed by atoms with Gasteiger partial charge in [-0.25, -0.2) is 4.79 Å². The normalized spacial score (nSPS) is 10.4. The second-order valence-corrected chi connectivity index (χ2v) is 4.46. The number of para-hydroxylation sites is 1. The van der Waals surface area contributed by atoms with Gasteiger partial charge >= 0.3 is 5.97 Å². The van der Waals surface area contributed by atoms with E-state index in [0.29, 0.717) is 18.1 Å². The van der Waals surface area contributed by atoms with Gasteiger partial charge in [0.15, 0.2) is 11.5 Å². The SMILES string of the molecule is CCOc1cccc(C(=O)O)c1OCc1c(C)noc1C. The van der Waals surface area contributed by atoms with Gasteiger partial charge in [0, 0.05) is 0 Å². The standard InChI is InChI=1S/C15H17NO5/c1-4-19-13-7-5-6-11(15(17)18)14(13)20-8-12-9(2)16-21-10(12)3/h5-7H,4,8H2,1-3H3,(H,17,18). The molecule has 0 aliphatic heterocycles. The molecule has 0 atom stereocenters. The van der Waals surface area contributed by atoms with Crippen LogP contribution in [0.2, 0.25) is 0 Å². The second-order valence-electron chi connectivity index (χ2n) is 4.46. The highest BCUT2D eigenvalue weighted by Crippen LogP contribution is 2.32. The minimum atomic E-state index is -1.06. The molecule has 0 bridgehead atoms. The third kappa shape index (κ3) is 3.16. The quantitative estimate of drug-likeness (QED) is 0.881. The number of carboxylic acid groups (broad SMARTS) is 1. The molecule has 21 heavy (non-hydrogen) atoms. The van der Waals surface area contributed by atoms with Crippen LogP contribution in [0.15, 0.2) is 22.7 Å². The number of aromatic carboxylic acids is 1. The van der Waals surface area contributed by atoms with Gasteiger partial charge in [0.1, 0.15) is 17.9 Å². The Bertz CT molecular complexity index is 628. The van der Waals surface area contributed by atoms with Gasteiger partial charge in [-0.2, -0.15) is 0 Å².